The Labute approximate surface area is 136 Å². The van der Waals surface area contributed by atoms with Crippen LogP contribution in [0.5, 0.6) is 0 Å². The van der Waals surface area contributed by atoms with Gasteiger partial charge in [-0.2, -0.15) is 0 Å². The quantitative estimate of drug-likeness (QED) is 0.636. The van der Waals surface area contributed by atoms with Gasteiger partial charge < -0.3 is 11.1 Å². The maximum absolute atomic E-state index is 12.0. The Balaban J connectivity index is 2.12. The minimum Gasteiger partial charge on any atom is -0.330 e. The molecule has 0 spiro atoms. The molecule has 0 radical (unpaired) electrons. The van der Waals surface area contributed by atoms with E-state index in [1.807, 2.05) is 24.3 Å². The number of aldehydes is 1. The molecule has 0 bridgehead atoms. The fourth-order valence-corrected chi connectivity index (χ4v) is 2.22. The van der Waals surface area contributed by atoms with Crippen LogP contribution in [-0.2, 0) is 11.2 Å². The number of rotatable bonds is 6. The molecule has 0 aliphatic carbocycles. The van der Waals surface area contributed by atoms with Crippen LogP contribution in [0.15, 0.2) is 60.3 Å². The summed E-state index contributed by atoms with van der Waals surface area (Å²) in [6.45, 7) is 2.33. The number of hydrogen-bond donors (Lipinski definition) is 2. The molecular formula is C19H20N2O2. The molecule has 0 fully saturated rings. The molecule has 23 heavy (non-hydrogen) atoms. The van der Waals surface area contributed by atoms with Crippen LogP contribution in [-0.4, -0.2) is 18.7 Å². The van der Waals surface area contributed by atoms with Gasteiger partial charge in [-0.1, -0.05) is 42.5 Å². The molecule has 0 saturated heterocycles. The van der Waals surface area contributed by atoms with Crippen LogP contribution >= 0.6 is 0 Å². The largest absolute Gasteiger partial charge is 0.330 e. The summed E-state index contributed by atoms with van der Waals surface area (Å²) in [7, 11) is 0. The summed E-state index contributed by atoms with van der Waals surface area (Å²) in [4.78, 5) is 22.7. The van der Waals surface area contributed by atoms with Crippen LogP contribution in [0.1, 0.15) is 22.8 Å². The third-order valence-corrected chi connectivity index (χ3v) is 3.56. The van der Waals surface area contributed by atoms with Crippen molar-refractivity contribution in [2.75, 3.05) is 6.54 Å². The van der Waals surface area contributed by atoms with Crippen molar-refractivity contribution in [3.8, 4) is 11.1 Å². The van der Waals surface area contributed by atoms with E-state index in [0.29, 0.717) is 18.4 Å². The van der Waals surface area contributed by atoms with Crippen molar-refractivity contribution in [2.24, 2.45) is 5.73 Å². The van der Waals surface area contributed by atoms with Gasteiger partial charge in [0, 0.05) is 5.56 Å². The Hall–Kier alpha value is -2.72. The van der Waals surface area contributed by atoms with Crippen LogP contribution in [0.2, 0.25) is 0 Å². The Morgan fingerprint density at radius 3 is 2.09 bits per heavy atom. The number of nitrogens with one attached hydrogen (secondary N) is 1. The molecule has 2 aromatic carbocycles. The van der Waals surface area contributed by atoms with E-state index >= 15 is 0 Å². The molecule has 0 aliphatic rings. The molecule has 2 aromatic rings. The topological polar surface area (TPSA) is 72.2 Å². The van der Waals surface area contributed by atoms with E-state index in [0.717, 1.165) is 17.5 Å². The van der Waals surface area contributed by atoms with Crippen LogP contribution in [0.4, 0.5) is 0 Å². The van der Waals surface area contributed by atoms with Gasteiger partial charge in [-0.25, -0.2) is 0 Å². The van der Waals surface area contributed by atoms with Gasteiger partial charge in [-0.05, 0) is 48.7 Å². The monoisotopic (exact) mass is 308 g/mol. The van der Waals surface area contributed by atoms with E-state index < -0.39 is 0 Å². The highest BCUT2D eigenvalue weighted by Gasteiger charge is 2.07. The average molecular weight is 308 g/mol. The lowest BCUT2D eigenvalue weighted by Gasteiger charge is -2.07. The smallest absolute Gasteiger partial charge is 0.255 e. The average Bonchev–Trinajstić information content (AvgIpc) is 2.60. The highest BCUT2D eigenvalue weighted by molar-refractivity contribution is 5.98. The Morgan fingerprint density at radius 2 is 1.61 bits per heavy atom. The van der Waals surface area contributed by atoms with Crippen molar-refractivity contribution in [3.63, 3.8) is 0 Å². The van der Waals surface area contributed by atoms with Crippen molar-refractivity contribution in [3.05, 3.63) is 71.4 Å². The van der Waals surface area contributed by atoms with Gasteiger partial charge in [0.2, 0.25) is 0 Å². The standard InChI is InChI=1S/C19H20N2O2/c1-2-18(13-22)21-19(23)17-9-7-16(8-10-17)15-5-3-14(4-6-15)11-12-20/h2-10,13H,11-12,20H2,1H3,(H,21,23)/b18-2+. The normalized spacial score (nSPS) is 11.1. The number of hydrogen-bond acceptors (Lipinski definition) is 3. The molecule has 118 valence electrons. The first-order chi connectivity index (χ1) is 11.2. The van der Waals surface area contributed by atoms with Crippen LogP contribution in [0.25, 0.3) is 11.1 Å². The van der Waals surface area contributed by atoms with Gasteiger partial charge in [-0.15, -0.1) is 0 Å². The van der Waals surface area contributed by atoms with E-state index in [1.54, 1.807) is 25.1 Å². The third-order valence-electron chi connectivity index (χ3n) is 3.56. The van der Waals surface area contributed by atoms with Crippen molar-refractivity contribution < 1.29 is 9.59 Å². The highest BCUT2D eigenvalue weighted by atomic mass is 16.2. The number of allylic oxidation sites excluding steroid dienone is 2. The van der Waals surface area contributed by atoms with Crippen molar-refractivity contribution in [2.45, 2.75) is 13.3 Å². The van der Waals surface area contributed by atoms with E-state index in [9.17, 15) is 9.59 Å². The number of carbonyl (C=O) groups is 2. The van der Waals surface area contributed by atoms with Crippen molar-refractivity contribution in [1.29, 1.82) is 0 Å². The summed E-state index contributed by atoms with van der Waals surface area (Å²) in [5.41, 5.74) is 9.63. The predicted molar refractivity (Wildman–Crippen MR) is 91.9 cm³/mol. The lowest BCUT2D eigenvalue weighted by atomic mass is 10.0. The fourth-order valence-electron chi connectivity index (χ4n) is 2.22. The van der Waals surface area contributed by atoms with Gasteiger partial charge in [0.05, 0.1) is 5.70 Å². The van der Waals surface area contributed by atoms with Crippen LogP contribution < -0.4 is 11.1 Å². The molecule has 4 nitrogen and oxygen atoms in total. The maximum atomic E-state index is 12.0. The van der Waals surface area contributed by atoms with E-state index in [2.05, 4.69) is 17.4 Å². The second kappa shape index (κ2) is 8.06. The fraction of sp³-hybridized carbons (Fsp3) is 0.158. The van der Waals surface area contributed by atoms with Gasteiger partial charge in [0.1, 0.15) is 0 Å². The number of amides is 1. The summed E-state index contributed by atoms with van der Waals surface area (Å²) < 4.78 is 0. The summed E-state index contributed by atoms with van der Waals surface area (Å²) >= 11 is 0. The zero-order valence-electron chi connectivity index (χ0n) is 13.1. The minimum atomic E-state index is -0.296. The van der Waals surface area contributed by atoms with Gasteiger partial charge in [0.15, 0.2) is 6.29 Å². The summed E-state index contributed by atoms with van der Waals surface area (Å²) in [6, 6.07) is 15.5. The second-order valence-electron chi connectivity index (χ2n) is 5.13. The molecular weight excluding hydrogens is 288 g/mol. The molecule has 0 aliphatic heterocycles. The Morgan fingerprint density at radius 1 is 1.04 bits per heavy atom. The number of nitrogens with two attached hydrogens (primary N) is 1. The molecule has 0 atom stereocenters. The molecule has 0 unspecified atom stereocenters. The van der Waals surface area contributed by atoms with E-state index in [4.69, 9.17) is 5.73 Å². The molecule has 4 heteroatoms. The van der Waals surface area contributed by atoms with Crippen LogP contribution in [0, 0.1) is 0 Å². The predicted octanol–water partition coefficient (Wildman–Crippen LogP) is 2.69. The number of benzene rings is 2. The Bertz CT molecular complexity index is 701. The summed E-state index contributed by atoms with van der Waals surface area (Å²) in [5, 5.41) is 2.56. The first kappa shape index (κ1) is 16.6. The molecule has 1 amide bonds. The summed E-state index contributed by atoms with van der Waals surface area (Å²) in [6.07, 6.45) is 3.04. The lowest BCUT2D eigenvalue weighted by molar-refractivity contribution is -0.105. The molecule has 0 saturated carbocycles. The highest BCUT2D eigenvalue weighted by Crippen LogP contribution is 2.20. The molecule has 0 aromatic heterocycles. The van der Waals surface area contributed by atoms with Gasteiger partial charge >= 0.3 is 0 Å². The van der Waals surface area contributed by atoms with Crippen molar-refractivity contribution >= 4 is 12.2 Å². The van der Waals surface area contributed by atoms with Crippen LogP contribution in [0.3, 0.4) is 0 Å². The minimum absolute atomic E-state index is 0.259. The van der Waals surface area contributed by atoms with Crippen molar-refractivity contribution in [1.82, 2.24) is 5.32 Å². The lowest BCUT2D eigenvalue weighted by Crippen LogP contribution is -2.23. The van der Waals surface area contributed by atoms with Gasteiger partial charge in [0.25, 0.3) is 5.91 Å². The third kappa shape index (κ3) is 4.37. The first-order valence-corrected chi connectivity index (χ1v) is 7.50. The zero-order valence-corrected chi connectivity index (χ0v) is 13.1. The van der Waals surface area contributed by atoms with E-state index in [-0.39, 0.29) is 11.6 Å². The first-order valence-electron chi connectivity index (χ1n) is 7.50. The van der Waals surface area contributed by atoms with Gasteiger partial charge in [-0.3, -0.25) is 9.59 Å². The molecule has 3 N–H and O–H groups in total. The molecule has 2 rings (SSSR count). The molecule has 0 heterocycles. The second-order valence-corrected chi connectivity index (χ2v) is 5.13. The maximum Gasteiger partial charge on any atom is 0.255 e. The zero-order chi connectivity index (χ0) is 16.7. The SMILES string of the molecule is C/C=C(\C=O)NC(=O)c1ccc(-c2ccc(CCN)cc2)cc1. The van der Waals surface area contributed by atoms with E-state index in [1.165, 1.54) is 5.56 Å². The summed E-state index contributed by atoms with van der Waals surface area (Å²) in [5.74, 6) is -0.296. The Kier molecular flexibility index (Phi) is 5.83. The number of carbonyl (C=O) groups excluding carboxylic acids is 2.